The maximum absolute atomic E-state index is 11.9. The van der Waals surface area contributed by atoms with Crippen LogP contribution in [0, 0.1) is 63.6 Å². The SMILES string of the molecule is [CH2][C@@]12CC[C@@H](C(=C)C)[C@@H]1[C@H]1CC[C@@H]3[C@@]4(C)CC[C@H](OC(C)=O)C(C)(C)[C@@H]4CC[C@@]3(C)[C@]1(C)CC2. The number of carbonyl (C=O) groups is 1. The summed E-state index contributed by atoms with van der Waals surface area (Å²) in [6.07, 6.45) is 12.9. The molecular weight excluding hydrogens is 416 g/mol. The van der Waals surface area contributed by atoms with Crippen molar-refractivity contribution in [3.63, 3.8) is 0 Å². The van der Waals surface area contributed by atoms with Crippen LogP contribution in [0.25, 0.3) is 0 Å². The highest BCUT2D eigenvalue weighted by Crippen LogP contribution is 2.77. The third-order valence-electron chi connectivity index (χ3n) is 13.5. The maximum Gasteiger partial charge on any atom is 0.302 e. The number of ether oxygens (including phenoxy) is 1. The van der Waals surface area contributed by atoms with Crippen molar-refractivity contribution in [3.8, 4) is 0 Å². The molecule has 34 heavy (non-hydrogen) atoms. The minimum atomic E-state index is -0.113. The van der Waals surface area contributed by atoms with E-state index < -0.39 is 0 Å². The molecule has 0 saturated heterocycles. The van der Waals surface area contributed by atoms with Gasteiger partial charge in [0.1, 0.15) is 6.10 Å². The van der Waals surface area contributed by atoms with Crippen molar-refractivity contribution < 1.29 is 9.53 Å². The molecule has 0 aliphatic heterocycles. The Kier molecular flexibility index (Phi) is 5.57. The van der Waals surface area contributed by atoms with Gasteiger partial charge in [-0.25, -0.2) is 0 Å². The van der Waals surface area contributed by atoms with Crippen molar-refractivity contribution in [2.45, 2.75) is 119 Å². The molecule has 0 aromatic rings. The summed E-state index contributed by atoms with van der Waals surface area (Å²) in [6, 6.07) is 0. The number of allylic oxidation sites excluding steroid dienone is 1. The van der Waals surface area contributed by atoms with E-state index in [-0.39, 0.29) is 22.9 Å². The van der Waals surface area contributed by atoms with Crippen molar-refractivity contribution in [2.24, 2.45) is 56.7 Å². The third-order valence-corrected chi connectivity index (χ3v) is 13.5. The quantitative estimate of drug-likeness (QED) is 0.301. The van der Waals surface area contributed by atoms with Gasteiger partial charge in [0, 0.05) is 12.3 Å². The molecule has 2 heteroatoms. The fourth-order valence-corrected chi connectivity index (χ4v) is 11.7. The number of hydrogen-bond donors (Lipinski definition) is 0. The van der Waals surface area contributed by atoms with Crippen LogP contribution in [0.15, 0.2) is 12.2 Å². The lowest BCUT2D eigenvalue weighted by molar-refractivity contribution is -0.247. The summed E-state index contributed by atoms with van der Waals surface area (Å²) in [5, 5.41) is 0. The van der Waals surface area contributed by atoms with Crippen LogP contribution in [-0.2, 0) is 9.53 Å². The van der Waals surface area contributed by atoms with Gasteiger partial charge >= 0.3 is 5.97 Å². The second-order valence-corrected chi connectivity index (χ2v) is 15.0. The lowest BCUT2D eigenvalue weighted by Gasteiger charge is -2.73. The fraction of sp³-hybridized carbons (Fsp3) is 0.875. The standard InChI is InChI=1S/C32H51O2/c1-20(2)22-12-15-29(6)18-19-31(8)23(27(22)29)10-11-25-30(7)16-14-26(34-21(3)33)28(4,5)24(30)13-17-32(25,31)9/h22-27H,1,6,10-19H2,2-5,7-9H3/t22-,23+,24-,25+,26-,27+,29-,30-,31+,32+/m0/s1. The van der Waals surface area contributed by atoms with Gasteiger partial charge in [0.05, 0.1) is 0 Å². The van der Waals surface area contributed by atoms with E-state index in [2.05, 4.69) is 48.1 Å². The summed E-state index contributed by atoms with van der Waals surface area (Å²) in [7, 11) is 0. The highest BCUT2D eigenvalue weighted by Gasteiger charge is 2.70. The maximum atomic E-state index is 11.9. The first-order valence-electron chi connectivity index (χ1n) is 14.4. The summed E-state index contributed by atoms with van der Waals surface area (Å²) >= 11 is 0. The van der Waals surface area contributed by atoms with Crippen molar-refractivity contribution in [1.82, 2.24) is 0 Å². The minimum absolute atomic E-state index is 0.0450. The van der Waals surface area contributed by atoms with E-state index in [4.69, 9.17) is 11.7 Å². The number of hydrogen-bond acceptors (Lipinski definition) is 2. The van der Waals surface area contributed by atoms with Gasteiger partial charge in [0.25, 0.3) is 0 Å². The van der Waals surface area contributed by atoms with Crippen molar-refractivity contribution in [2.75, 3.05) is 0 Å². The lowest BCUT2D eigenvalue weighted by atomic mass is 9.32. The van der Waals surface area contributed by atoms with Crippen LogP contribution in [0.2, 0.25) is 0 Å². The van der Waals surface area contributed by atoms with Gasteiger partial charge in [0.15, 0.2) is 0 Å². The first kappa shape index (κ1) is 24.9. The van der Waals surface area contributed by atoms with Crippen LogP contribution in [0.1, 0.15) is 113 Å². The number of carbonyl (C=O) groups excluding carboxylic acids is 1. The molecule has 2 nitrogen and oxygen atoms in total. The summed E-state index contributed by atoms with van der Waals surface area (Å²) in [4.78, 5) is 11.9. The summed E-state index contributed by atoms with van der Waals surface area (Å²) in [5.41, 5.74) is 2.85. The topological polar surface area (TPSA) is 26.3 Å². The Hall–Kier alpha value is -0.790. The van der Waals surface area contributed by atoms with E-state index in [0.717, 1.165) is 24.2 Å². The summed E-state index contributed by atoms with van der Waals surface area (Å²) in [5.74, 6) is 3.46. The first-order valence-corrected chi connectivity index (χ1v) is 14.4. The molecule has 0 heterocycles. The lowest BCUT2D eigenvalue weighted by Crippen LogP contribution is -2.66. The molecule has 5 rings (SSSR count). The first-order chi connectivity index (χ1) is 15.7. The largest absolute Gasteiger partial charge is 0.462 e. The molecule has 5 fully saturated rings. The van der Waals surface area contributed by atoms with E-state index in [1.165, 1.54) is 63.4 Å². The van der Waals surface area contributed by atoms with Gasteiger partial charge in [-0.05, 0) is 129 Å². The molecule has 5 aliphatic rings. The molecule has 0 aromatic carbocycles. The van der Waals surface area contributed by atoms with Crippen LogP contribution in [0.4, 0.5) is 0 Å². The van der Waals surface area contributed by atoms with Gasteiger partial charge < -0.3 is 4.74 Å². The normalized spacial score (nSPS) is 53.6. The Balaban J connectivity index is 1.50. The predicted octanol–water partition coefficient (Wildman–Crippen LogP) is 8.41. The number of fused-ring (bicyclic) bond motifs is 7. The van der Waals surface area contributed by atoms with Gasteiger partial charge in [-0.15, -0.1) is 0 Å². The highest BCUT2D eigenvalue weighted by atomic mass is 16.5. The van der Waals surface area contributed by atoms with Crippen LogP contribution in [0.3, 0.4) is 0 Å². The van der Waals surface area contributed by atoms with Crippen LogP contribution in [0.5, 0.6) is 0 Å². The Morgan fingerprint density at radius 3 is 2.15 bits per heavy atom. The number of esters is 1. The van der Waals surface area contributed by atoms with Gasteiger partial charge in [-0.3, -0.25) is 4.79 Å². The predicted molar refractivity (Wildman–Crippen MR) is 140 cm³/mol. The Morgan fingerprint density at radius 1 is 0.794 bits per heavy atom. The zero-order valence-electron chi connectivity index (χ0n) is 23.3. The van der Waals surface area contributed by atoms with Crippen molar-refractivity contribution >= 4 is 5.97 Å². The van der Waals surface area contributed by atoms with Crippen molar-refractivity contribution in [3.05, 3.63) is 19.1 Å². The minimum Gasteiger partial charge on any atom is -0.462 e. The van der Waals surface area contributed by atoms with E-state index in [9.17, 15) is 4.79 Å². The van der Waals surface area contributed by atoms with Crippen LogP contribution < -0.4 is 0 Å². The second-order valence-electron chi connectivity index (χ2n) is 15.0. The monoisotopic (exact) mass is 467 g/mol. The average Bonchev–Trinajstić information content (AvgIpc) is 3.08. The number of rotatable bonds is 2. The van der Waals surface area contributed by atoms with Gasteiger partial charge in [-0.1, -0.05) is 46.8 Å². The summed E-state index contributed by atoms with van der Waals surface area (Å²) < 4.78 is 5.91. The average molecular weight is 468 g/mol. The molecule has 0 N–H and O–H groups in total. The molecule has 0 spiro atoms. The molecule has 10 atom stereocenters. The molecule has 5 aliphatic carbocycles. The zero-order chi connectivity index (χ0) is 24.9. The van der Waals surface area contributed by atoms with Gasteiger partial charge in [-0.2, -0.15) is 0 Å². The molecule has 191 valence electrons. The highest BCUT2D eigenvalue weighted by molar-refractivity contribution is 5.66. The molecule has 5 saturated carbocycles. The van der Waals surface area contributed by atoms with E-state index in [0.29, 0.717) is 28.1 Å². The fourth-order valence-electron chi connectivity index (χ4n) is 11.7. The Morgan fingerprint density at radius 2 is 1.50 bits per heavy atom. The molecule has 0 unspecified atom stereocenters. The smallest absolute Gasteiger partial charge is 0.302 e. The van der Waals surface area contributed by atoms with Crippen LogP contribution in [-0.4, -0.2) is 12.1 Å². The van der Waals surface area contributed by atoms with Crippen LogP contribution >= 0.6 is 0 Å². The molecule has 0 amide bonds. The molecule has 1 radical (unpaired) electrons. The van der Waals surface area contributed by atoms with E-state index >= 15 is 0 Å². The van der Waals surface area contributed by atoms with Crippen molar-refractivity contribution in [1.29, 1.82) is 0 Å². The van der Waals surface area contributed by atoms with E-state index in [1.807, 2.05) is 0 Å². The molecule has 0 bridgehead atoms. The molecular formula is C32H51O2. The van der Waals surface area contributed by atoms with E-state index in [1.54, 1.807) is 6.92 Å². The molecule has 0 aromatic heterocycles. The second kappa shape index (κ2) is 7.61. The Bertz CT molecular complexity index is 872. The summed E-state index contributed by atoms with van der Waals surface area (Å²) in [6.45, 7) is 26.1. The van der Waals surface area contributed by atoms with Gasteiger partial charge in [0.2, 0.25) is 0 Å². The third kappa shape index (κ3) is 3.08. The Labute approximate surface area is 210 Å². The zero-order valence-corrected chi connectivity index (χ0v) is 23.3.